The Kier molecular flexibility index (Phi) is 4.91. The molecule has 0 bridgehead atoms. The molecule has 0 radical (unpaired) electrons. The normalized spacial score (nSPS) is 13.7. The molecule has 0 unspecified atom stereocenters. The van der Waals surface area contributed by atoms with Crippen molar-refractivity contribution >= 4 is 17.5 Å². The number of hydrogen-bond donors (Lipinski definition) is 0. The van der Waals surface area contributed by atoms with Crippen LogP contribution in [0.1, 0.15) is 48.4 Å². The van der Waals surface area contributed by atoms with E-state index < -0.39 is 0 Å². The second kappa shape index (κ2) is 6.53. The van der Waals surface area contributed by atoms with Gasteiger partial charge in [0.25, 0.3) is 0 Å². The summed E-state index contributed by atoms with van der Waals surface area (Å²) in [6.07, 6.45) is 0. The third-order valence-corrected chi connectivity index (χ3v) is 4.42. The molecular weight excluding hydrogens is 300 g/mol. The lowest BCUT2D eigenvalue weighted by Gasteiger charge is -2.28. The molecule has 0 aliphatic heterocycles. The Balaban J connectivity index is 2.19. The van der Waals surface area contributed by atoms with Crippen LogP contribution in [-0.4, -0.2) is 23.0 Å². The number of aromatic nitrogens is 1. The largest absolute Gasteiger partial charge is 0.361 e. The third kappa shape index (κ3) is 3.17. The summed E-state index contributed by atoms with van der Waals surface area (Å²) in [5.41, 5.74) is 2.69. The van der Waals surface area contributed by atoms with E-state index in [9.17, 15) is 4.79 Å². The van der Waals surface area contributed by atoms with Gasteiger partial charge >= 0.3 is 0 Å². The molecule has 118 valence electrons. The highest BCUT2D eigenvalue weighted by atomic mass is 35.5. The molecule has 22 heavy (non-hydrogen) atoms. The van der Waals surface area contributed by atoms with Crippen LogP contribution >= 0.6 is 11.6 Å². The van der Waals surface area contributed by atoms with Crippen LogP contribution in [0.3, 0.4) is 0 Å². The summed E-state index contributed by atoms with van der Waals surface area (Å²) in [4.78, 5) is 14.5. The van der Waals surface area contributed by atoms with Crippen LogP contribution < -0.4 is 0 Å². The lowest BCUT2D eigenvalue weighted by molar-refractivity contribution is -0.133. The molecule has 0 saturated carbocycles. The number of hydrogen-bond acceptors (Lipinski definition) is 3. The second-order valence-corrected chi connectivity index (χ2v) is 6.07. The predicted molar refractivity (Wildman–Crippen MR) is 87.0 cm³/mol. The van der Waals surface area contributed by atoms with Gasteiger partial charge in [-0.25, -0.2) is 0 Å². The highest BCUT2D eigenvalue weighted by molar-refractivity contribution is 6.30. The summed E-state index contributed by atoms with van der Waals surface area (Å²) < 4.78 is 5.17. The summed E-state index contributed by atoms with van der Waals surface area (Å²) in [7, 11) is 1.82. The summed E-state index contributed by atoms with van der Waals surface area (Å²) in [5.74, 6) is 0.453. The van der Waals surface area contributed by atoms with Crippen molar-refractivity contribution in [3.05, 3.63) is 51.9 Å². The number of rotatable bonds is 4. The van der Waals surface area contributed by atoms with Crippen molar-refractivity contribution < 1.29 is 9.32 Å². The van der Waals surface area contributed by atoms with E-state index in [-0.39, 0.29) is 17.9 Å². The van der Waals surface area contributed by atoms with Crippen LogP contribution in [0.15, 0.2) is 28.8 Å². The van der Waals surface area contributed by atoms with Gasteiger partial charge in [0.1, 0.15) is 5.76 Å². The van der Waals surface area contributed by atoms with Gasteiger partial charge in [0, 0.05) is 17.6 Å². The molecule has 0 spiro atoms. The van der Waals surface area contributed by atoms with E-state index in [1.165, 1.54) is 0 Å². The zero-order valence-electron chi connectivity index (χ0n) is 13.6. The van der Waals surface area contributed by atoms with E-state index in [1.807, 2.05) is 59.0 Å². The van der Waals surface area contributed by atoms with E-state index in [1.54, 1.807) is 4.90 Å². The number of nitrogens with zero attached hydrogens (tertiary/aromatic N) is 2. The van der Waals surface area contributed by atoms with Crippen molar-refractivity contribution in [2.45, 2.75) is 39.7 Å². The molecule has 1 amide bonds. The molecule has 4 nitrogen and oxygen atoms in total. The number of likely N-dealkylation sites (N-methyl/N-ethyl adjacent to an activating group) is 1. The van der Waals surface area contributed by atoms with E-state index >= 15 is 0 Å². The summed E-state index contributed by atoms with van der Waals surface area (Å²) >= 11 is 5.91. The fourth-order valence-corrected chi connectivity index (χ4v) is 2.82. The molecule has 2 rings (SSSR count). The lowest BCUT2D eigenvalue weighted by Crippen LogP contribution is -2.33. The molecule has 0 saturated heterocycles. The van der Waals surface area contributed by atoms with Gasteiger partial charge in [0.2, 0.25) is 5.91 Å². The summed E-state index contributed by atoms with van der Waals surface area (Å²) in [6, 6.07) is 7.52. The molecular formula is C17H21ClN2O2. The molecule has 0 N–H and O–H groups in total. The zero-order chi connectivity index (χ0) is 16.4. The number of amides is 1. The molecule has 0 aliphatic rings. The van der Waals surface area contributed by atoms with Crippen molar-refractivity contribution in [3.63, 3.8) is 0 Å². The van der Waals surface area contributed by atoms with E-state index in [2.05, 4.69) is 5.16 Å². The molecule has 0 fully saturated rings. The summed E-state index contributed by atoms with van der Waals surface area (Å²) in [5, 5.41) is 4.62. The fourth-order valence-electron chi connectivity index (χ4n) is 2.69. The average Bonchev–Trinajstić information content (AvgIpc) is 2.84. The van der Waals surface area contributed by atoms with Crippen LogP contribution in [0.4, 0.5) is 0 Å². The molecule has 1 aromatic carbocycles. The second-order valence-electron chi connectivity index (χ2n) is 5.64. The summed E-state index contributed by atoms with van der Waals surface area (Å²) in [6.45, 7) is 7.58. The standard InChI is InChI=1S/C17H21ClN2O2/c1-10(16-11(2)19-22-13(16)4)17(21)20(5)12(3)14-6-8-15(18)9-7-14/h6-10,12H,1-5H3/t10-,12-/m1/s1. The smallest absolute Gasteiger partial charge is 0.230 e. The van der Waals surface area contributed by atoms with E-state index in [0.717, 1.165) is 16.8 Å². The lowest BCUT2D eigenvalue weighted by atomic mass is 9.97. The molecule has 1 aromatic heterocycles. The molecule has 2 aromatic rings. The van der Waals surface area contributed by atoms with Gasteiger partial charge in [-0.15, -0.1) is 0 Å². The van der Waals surface area contributed by atoms with Crippen molar-refractivity contribution in [1.29, 1.82) is 0 Å². The number of carbonyl (C=O) groups excluding carboxylic acids is 1. The van der Waals surface area contributed by atoms with Crippen LogP contribution in [-0.2, 0) is 4.79 Å². The number of halogens is 1. The number of carbonyl (C=O) groups is 1. The predicted octanol–water partition coefficient (Wildman–Crippen LogP) is 4.27. The molecule has 2 atom stereocenters. The van der Waals surface area contributed by atoms with E-state index in [4.69, 9.17) is 16.1 Å². The third-order valence-electron chi connectivity index (χ3n) is 4.17. The van der Waals surface area contributed by atoms with Crippen LogP contribution in [0, 0.1) is 13.8 Å². The van der Waals surface area contributed by atoms with Crippen molar-refractivity contribution in [3.8, 4) is 0 Å². The minimum atomic E-state index is -0.286. The monoisotopic (exact) mass is 320 g/mol. The maximum absolute atomic E-state index is 12.8. The first-order valence-electron chi connectivity index (χ1n) is 7.27. The highest BCUT2D eigenvalue weighted by Gasteiger charge is 2.27. The topological polar surface area (TPSA) is 46.3 Å². The fraction of sp³-hybridized carbons (Fsp3) is 0.412. The number of benzene rings is 1. The van der Waals surface area contributed by atoms with Crippen molar-refractivity contribution in [1.82, 2.24) is 10.1 Å². The Hall–Kier alpha value is -1.81. The minimum absolute atomic E-state index is 0.0345. The first-order valence-corrected chi connectivity index (χ1v) is 7.65. The van der Waals surface area contributed by atoms with Crippen LogP contribution in [0.2, 0.25) is 5.02 Å². The van der Waals surface area contributed by atoms with Crippen molar-refractivity contribution in [2.24, 2.45) is 0 Å². The van der Waals surface area contributed by atoms with Gasteiger partial charge in [-0.2, -0.15) is 0 Å². The van der Waals surface area contributed by atoms with Gasteiger partial charge in [0.05, 0.1) is 17.7 Å². The van der Waals surface area contributed by atoms with Crippen molar-refractivity contribution in [2.75, 3.05) is 7.05 Å². The maximum atomic E-state index is 12.8. The molecule has 1 heterocycles. The quantitative estimate of drug-likeness (QED) is 0.845. The Morgan fingerprint density at radius 3 is 2.32 bits per heavy atom. The Morgan fingerprint density at radius 2 is 1.82 bits per heavy atom. The van der Waals surface area contributed by atoms with Crippen LogP contribution in [0.25, 0.3) is 0 Å². The first kappa shape index (κ1) is 16.6. The number of aryl methyl sites for hydroxylation is 2. The van der Waals surface area contributed by atoms with Gasteiger partial charge in [-0.1, -0.05) is 28.9 Å². The van der Waals surface area contributed by atoms with Crippen LogP contribution in [0.5, 0.6) is 0 Å². The molecule has 5 heteroatoms. The Morgan fingerprint density at radius 1 is 1.23 bits per heavy atom. The van der Waals surface area contributed by atoms with Gasteiger partial charge in [-0.05, 0) is 45.4 Å². The Labute approximate surface area is 136 Å². The molecule has 0 aliphatic carbocycles. The Bertz CT molecular complexity index is 644. The maximum Gasteiger partial charge on any atom is 0.230 e. The highest BCUT2D eigenvalue weighted by Crippen LogP contribution is 2.28. The van der Waals surface area contributed by atoms with Gasteiger partial charge in [0.15, 0.2) is 0 Å². The average molecular weight is 321 g/mol. The first-order chi connectivity index (χ1) is 10.3. The SMILES string of the molecule is Cc1noc(C)c1[C@@H](C)C(=O)N(C)[C@H](C)c1ccc(Cl)cc1. The van der Waals surface area contributed by atoms with E-state index in [0.29, 0.717) is 10.8 Å². The van der Waals surface area contributed by atoms with Gasteiger partial charge in [-0.3, -0.25) is 4.79 Å². The minimum Gasteiger partial charge on any atom is -0.361 e. The zero-order valence-corrected chi connectivity index (χ0v) is 14.3. The van der Waals surface area contributed by atoms with Gasteiger partial charge < -0.3 is 9.42 Å².